The normalized spacial score (nSPS) is 10.9. The molecule has 1 heteroatoms. The van der Waals surface area contributed by atoms with Crippen LogP contribution in [-0.4, -0.2) is 0 Å². The van der Waals surface area contributed by atoms with Crippen molar-refractivity contribution in [2.24, 2.45) is 7.05 Å². The van der Waals surface area contributed by atoms with Gasteiger partial charge in [-0.05, 0) is 46.5 Å². The van der Waals surface area contributed by atoms with Crippen molar-refractivity contribution in [3.8, 4) is 22.4 Å². The third-order valence-electron chi connectivity index (χ3n) is 4.64. The zero-order valence-electron chi connectivity index (χ0n) is 14.0. The molecular formula is C23H20N+. The summed E-state index contributed by atoms with van der Waals surface area (Å²) in [5.74, 6) is 0. The van der Waals surface area contributed by atoms with E-state index >= 15 is 0 Å². The van der Waals surface area contributed by atoms with Gasteiger partial charge in [-0.3, -0.25) is 0 Å². The number of rotatable bonds is 2. The lowest BCUT2D eigenvalue weighted by Crippen LogP contribution is -2.30. The van der Waals surface area contributed by atoms with E-state index in [1.807, 2.05) is 0 Å². The molecule has 4 rings (SSSR count). The van der Waals surface area contributed by atoms with E-state index in [1.54, 1.807) is 0 Å². The van der Waals surface area contributed by atoms with Crippen molar-refractivity contribution in [3.05, 3.63) is 90.6 Å². The highest BCUT2D eigenvalue weighted by atomic mass is 14.9. The Hall–Kier alpha value is -2.93. The number of hydrogen-bond acceptors (Lipinski definition) is 0. The van der Waals surface area contributed by atoms with Gasteiger partial charge in [-0.1, -0.05) is 54.6 Å². The molecule has 0 saturated carbocycles. The van der Waals surface area contributed by atoms with Crippen LogP contribution in [0.2, 0.25) is 0 Å². The predicted molar refractivity (Wildman–Crippen MR) is 101 cm³/mol. The monoisotopic (exact) mass is 310 g/mol. The van der Waals surface area contributed by atoms with Gasteiger partial charge in [-0.2, -0.15) is 0 Å². The molecule has 0 radical (unpaired) electrons. The van der Waals surface area contributed by atoms with Crippen molar-refractivity contribution in [1.82, 2.24) is 0 Å². The van der Waals surface area contributed by atoms with Crippen LogP contribution in [0.1, 0.15) is 5.56 Å². The van der Waals surface area contributed by atoms with Crippen LogP contribution >= 0.6 is 0 Å². The van der Waals surface area contributed by atoms with Gasteiger partial charge in [0.15, 0.2) is 6.20 Å². The fraction of sp³-hybridized carbons (Fsp3) is 0.0870. The maximum atomic E-state index is 2.29. The molecule has 0 N–H and O–H groups in total. The van der Waals surface area contributed by atoms with Crippen molar-refractivity contribution >= 4 is 10.8 Å². The summed E-state index contributed by atoms with van der Waals surface area (Å²) in [6, 6.07) is 28.2. The van der Waals surface area contributed by atoms with Gasteiger partial charge >= 0.3 is 0 Å². The second kappa shape index (κ2) is 5.93. The predicted octanol–water partition coefficient (Wildman–Crippen LogP) is 5.31. The van der Waals surface area contributed by atoms with Crippen LogP contribution in [0.25, 0.3) is 33.2 Å². The highest BCUT2D eigenvalue weighted by Gasteiger charge is 2.17. The lowest BCUT2D eigenvalue weighted by Gasteiger charge is -2.12. The third-order valence-corrected chi connectivity index (χ3v) is 4.64. The van der Waals surface area contributed by atoms with E-state index in [2.05, 4.69) is 104 Å². The number of benzene rings is 3. The molecule has 0 aliphatic carbocycles. The number of aryl methyl sites for hydroxylation is 2. The quantitative estimate of drug-likeness (QED) is 0.442. The van der Waals surface area contributed by atoms with Gasteiger partial charge in [0.25, 0.3) is 0 Å². The van der Waals surface area contributed by atoms with E-state index in [-0.39, 0.29) is 0 Å². The Labute approximate surface area is 142 Å². The van der Waals surface area contributed by atoms with Crippen molar-refractivity contribution < 1.29 is 4.57 Å². The molecule has 0 atom stereocenters. The molecule has 1 aromatic heterocycles. The van der Waals surface area contributed by atoms with Crippen LogP contribution < -0.4 is 4.57 Å². The van der Waals surface area contributed by atoms with Gasteiger partial charge in [0.1, 0.15) is 7.05 Å². The molecule has 0 aliphatic rings. The lowest BCUT2D eigenvalue weighted by molar-refractivity contribution is -0.660. The first-order chi connectivity index (χ1) is 11.7. The maximum absolute atomic E-state index is 2.29. The summed E-state index contributed by atoms with van der Waals surface area (Å²) in [7, 11) is 2.10. The summed E-state index contributed by atoms with van der Waals surface area (Å²) < 4.78 is 2.19. The zero-order valence-corrected chi connectivity index (χ0v) is 14.0. The van der Waals surface area contributed by atoms with E-state index < -0.39 is 0 Å². The highest BCUT2D eigenvalue weighted by molar-refractivity contribution is 5.91. The third kappa shape index (κ3) is 2.48. The first kappa shape index (κ1) is 14.6. The topological polar surface area (TPSA) is 3.88 Å². The molecule has 0 saturated heterocycles. The summed E-state index contributed by atoms with van der Waals surface area (Å²) in [6.45, 7) is 2.19. The Balaban J connectivity index is 1.98. The molecule has 0 aliphatic heterocycles. The minimum absolute atomic E-state index is 1.23. The fourth-order valence-electron chi connectivity index (χ4n) is 3.39. The minimum atomic E-state index is 1.23. The van der Waals surface area contributed by atoms with Crippen LogP contribution in [0.3, 0.4) is 0 Å². The van der Waals surface area contributed by atoms with Gasteiger partial charge in [-0.25, -0.2) is 4.57 Å². The highest BCUT2D eigenvalue weighted by Crippen LogP contribution is 2.34. The average molecular weight is 310 g/mol. The lowest BCUT2D eigenvalue weighted by atomic mass is 9.92. The molecule has 1 heterocycles. The maximum Gasteiger partial charge on any atom is 0.213 e. The fourth-order valence-corrected chi connectivity index (χ4v) is 3.39. The first-order valence-electron chi connectivity index (χ1n) is 8.28. The van der Waals surface area contributed by atoms with Gasteiger partial charge in [0.05, 0.1) is 5.56 Å². The molecule has 0 amide bonds. The molecule has 0 spiro atoms. The standard InChI is InChI=1S/C23H20N/c1-17-8-7-11-21(23(17)22-12-5-6-15-24(22)2)20-14-13-18-9-3-4-10-19(18)16-20/h3-16H,1-2H3/q+1. The van der Waals surface area contributed by atoms with E-state index in [1.165, 1.54) is 38.7 Å². The second-order valence-corrected chi connectivity index (χ2v) is 6.26. The van der Waals surface area contributed by atoms with Gasteiger partial charge in [0.2, 0.25) is 5.69 Å². The largest absolute Gasteiger partial charge is 0.213 e. The van der Waals surface area contributed by atoms with Crippen molar-refractivity contribution in [2.45, 2.75) is 6.92 Å². The number of nitrogens with zero attached hydrogens (tertiary/aromatic N) is 1. The Morgan fingerprint density at radius 3 is 2.33 bits per heavy atom. The number of aromatic nitrogens is 1. The van der Waals surface area contributed by atoms with Crippen molar-refractivity contribution in [1.29, 1.82) is 0 Å². The summed E-state index contributed by atoms with van der Waals surface area (Å²) in [4.78, 5) is 0. The molecule has 1 nitrogen and oxygen atoms in total. The second-order valence-electron chi connectivity index (χ2n) is 6.26. The minimum Gasteiger partial charge on any atom is -0.201 e. The SMILES string of the molecule is Cc1cccc(-c2ccc3ccccc3c2)c1-c1cccc[n+]1C. The molecule has 116 valence electrons. The Kier molecular flexibility index (Phi) is 3.62. The zero-order chi connectivity index (χ0) is 16.5. The molecule has 4 aromatic rings. The van der Waals surface area contributed by atoms with Crippen LogP contribution in [0.15, 0.2) is 85.1 Å². The Bertz CT molecular complexity index is 1030. The molecule has 0 bridgehead atoms. The molecule has 0 fully saturated rings. The first-order valence-corrected chi connectivity index (χ1v) is 8.28. The van der Waals surface area contributed by atoms with E-state index in [0.29, 0.717) is 0 Å². The molecule has 24 heavy (non-hydrogen) atoms. The van der Waals surface area contributed by atoms with E-state index in [4.69, 9.17) is 0 Å². The van der Waals surface area contributed by atoms with Gasteiger partial charge in [0, 0.05) is 12.1 Å². The number of pyridine rings is 1. The van der Waals surface area contributed by atoms with Crippen LogP contribution in [0, 0.1) is 6.92 Å². The number of hydrogen-bond donors (Lipinski definition) is 0. The average Bonchev–Trinajstić information content (AvgIpc) is 2.62. The summed E-state index contributed by atoms with van der Waals surface area (Å²) in [5.41, 5.74) is 6.37. The van der Waals surface area contributed by atoms with Gasteiger partial charge in [-0.15, -0.1) is 0 Å². The van der Waals surface area contributed by atoms with Gasteiger partial charge < -0.3 is 0 Å². The van der Waals surface area contributed by atoms with Crippen LogP contribution in [-0.2, 0) is 7.05 Å². The summed E-state index contributed by atoms with van der Waals surface area (Å²) >= 11 is 0. The Morgan fingerprint density at radius 2 is 1.50 bits per heavy atom. The number of fused-ring (bicyclic) bond motifs is 1. The van der Waals surface area contributed by atoms with Crippen molar-refractivity contribution in [2.75, 3.05) is 0 Å². The van der Waals surface area contributed by atoms with E-state index in [0.717, 1.165) is 0 Å². The molecular weight excluding hydrogens is 290 g/mol. The molecule has 3 aromatic carbocycles. The van der Waals surface area contributed by atoms with Crippen LogP contribution in [0.5, 0.6) is 0 Å². The summed E-state index contributed by atoms with van der Waals surface area (Å²) in [6.07, 6.45) is 2.10. The molecule has 0 unspecified atom stereocenters. The van der Waals surface area contributed by atoms with Crippen LogP contribution in [0.4, 0.5) is 0 Å². The summed E-state index contributed by atoms with van der Waals surface area (Å²) in [5, 5.41) is 2.56. The van der Waals surface area contributed by atoms with E-state index in [9.17, 15) is 0 Å². The smallest absolute Gasteiger partial charge is 0.201 e. The Morgan fingerprint density at radius 1 is 0.708 bits per heavy atom. The van der Waals surface area contributed by atoms with Crippen molar-refractivity contribution in [3.63, 3.8) is 0 Å².